The topological polar surface area (TPSA) is 86.5 Å². The summed E-state index contributed by atoms with van der Waals surface area (Å²) < 4.78 is 4.45. The van der Waals surface area contributed by atoms with Crippen LogP contribution in [0.5, 0.6) is 0 Å². The number of imidazole rings is 1. The van der Waals surface area contributed by atoms with Gasteiger partial charge in [0.1, 0.15) is 5.69 Å². The van der Waals surface area contributed by atoms with Crippen molar-refractivity contribution in [3.8, 4) is 22.6 Å². The molecule has 8 heteroatoms. The summed E-state index contributed by atoms with van der Waals surface area (Å²) in [6, 6.07) is 14.7. The number of carbonyl (C=O) groups excluding carboxylic acids is 1. The standard InChI is InChI=1S/C28H24IN5OS/c1-2-3-7-25(35)30-20-12-19(14-29-15-20)17-8-9-23-22(13-17)27(34-33-23)28-31-24-6-4-5-21(26(24)32-28)18-10-11-36-16-18/h4-6,8-16H,2-3,7H2,1H3,(H,30,35)(H,31,32)(H,33,34). The Labute approximate surface area is 222 Å². The van der Waals surface area contributed by atoms with Gasteiger partial charge in [-0.15, -0.1) is 0 Å². The lowest BCUT2D eigenvalue weighted by Gasteiger charge is -2.11. The van der Waals surface area contributed by atoms with Crippen molar-refractivity contribution in [1.82, 2.24) is 25.5 Å². The molecule has 0 fully saturated rings. The van der Waals surface area contributed by atoms with Gasteiger partial charge < -0.3 is 10.3 Å². The SMILES string of the molecule is CCCCC(=O)NC1=CC(c2ccc3[nH]nc(-c4nc5c(-c6ccsc6)cccc5[nH]4)c3c2)=CI=C1. The molecule has 2 aromatic carbocycles. The third-order valence-corrected chi connectivity index (χ3v) is 8.92. The molecule has 1 aliphatic heterocycles. The van der Waals surface area contributed by atoms with Gasteiger partial charge in [-0.3, -0.25) is 9.89 Å². The Balaban J connectivity index is 1.35. The summed E-state index contributed by atoms with van der Waals surface area (Å²) in [5.41, 5.74) is 9.13. The average molecular weight is 606 g/mol. The molecule has 1 amide bonds. The lowest BCUT2D eigenvalue weighted by molar-refractivity contribution is -0.120. The van der Waals surface area contributed by atoms with E-state index < -0.39 is 0 Å². The van der Waals surface area contributed by atoms with Crippen LogP contribution in [0.25, 0.3) is 50.2 Å². The average Bonchev–Trinajstić information content (AvgIpc) is 3.66. The van der Waals surface area contributed by atoms with Gasteiger partial charge in [-0.05, 0) is 72.3 Å². The number of rotatable bonds is 7. The predicted octanol–water partition coefficient (Wildman–Crippen LogP) is 7.15. The summed E-state index contributed by atoms with van der Waals surface area (Å²) in [6.07, 6.45) is 4.56. The molecule has 36 heavy (non-hydrogen) atoms. The van der Waals surface area contributed by atoms with E-state index in [1.165, 1.54) is 5.56 Å². The number of para-hydroxylation sites is 1. The number of hydrogen-bond donors (Lipinski definition) is 3. The Bertz CT molecular complexity index is 1670. The van der Waals surface area contributed by atoms with Gasteiger partial charge in [0.25, 0.3) is 0 Å². The highest BCUT2D eigenvalue weighted by Gasteiger charge is 2.16. The predicted molar refractivity (Wildman–Crippen MR) is 158 cm³/mol. The summed E-state index contributed by atoms with van der Waals surface area (Å²) in [6.45, 7) is 2.10. The van der Waals surface area contributed by atoms with E-state index in [1.54, 1.807) is 11.3 Å². The van der Waals surface area contributed by atoms with E-state index in [2.05, 4.69) is 94.8 Å². The van der Waals surface area contributed by atoms with Crippen molar-refractivity contribution >= 4 is 69.5 Å². The second-order valence-corrected chi connectivity index (χ2v) is 11.4. The number of amides is 1. The van der Waals surface area contributed by atoms with Crippen molar-refractivity contribution in [2.45, 2.75) is 26.2 Å². The minimum Gasteiger partial charge on any atom is -0.337 e. The molecule has 0 bridgehead atoms. The fraction of sp³-hybridized carbons (Fsp3) is 0.143. The van der Waals surface area contributed by atoms with Crippen LogP contribution in [0.15, 0.2) is 69.1 Å². The molecule has 5 aromatic rings. The van der Waals surface area contributed by atoms with Crippen molar-refractivity contribution in [2.24, 2.45) is 0 Å². The van der Waals surface area contributed by atoms with Gasteiger partial charge in [0.2, 0.25) is 5.91 Å². The Morgan fingerprint density at radius 1 is 1.14 bits per heavy atom. The van der Waals surface area contributed by atoms with Crippen LogP contribution in [0.4, 0.5) is 0 Å². The lowest BCUT2D eigenvalue weighted by atomic mass is 10.0. The number of halogens is 1. The van der Waals surface area contributed by atoms with Crippen LogP contribution in [-0.4, -0.2) is 30.1 Å². The van der Waals surface area contributed by atoms with E-state index >= 15 is 0 Å². The number of allylic oxidation sites excluding steroid dienone is 3. The molecule has 0 spiro atoms. The Kier molecular flexibility index (Phi) is 6.37. The summed E-state index contributed by atoms with van der Waals surface area (Å²) >= 11 is 1.41. The zero-order chi connectivity index (χ0) is 24.5. The molecule has 3 aromatic heterocycles. The van der Waals surface area contributed by atoms with Crippen molar-refractivity contribution in [3.05, 3.63) is 74.6 Å². The van der Waals surface area contributed by atoms with E-state index in [4.69, 9.17) is 4.98 Å². The molecule has 0 radical (unpaired) electrons. The van der Waals surface area contributed by atoms with Crippen molar-refractivity contribution < 1.29 is 4.79 Å². The number of nitrogens with zero attached hydrogens (tertiary/aromatic N) is 2. The van der Waals surface area contributed by atoms with E-state index in [1.807, 2.05) is 0 Å². The van der Waals surface area contributed by atoms with Gasteiger partial charge in [-0.1, -0.05) is 52.3 Å². The van der Waals surface area contributed by atoms with E-state index in [0.717, 1.165) is 68.7 Å². The maximum Gasteiger partial charge on any atom is 0.224 e. The van der Waals surface area contributed by atoms with E-state index in [-0.39, 0.29) is 26.6 Å². The number of carbonyl (C=O) groups is 1. The summed E-state index contributed by atoms with van der Waals surface area (Å²) in [7, 11) is 0. The molecule has 180 valence electrons. The Morgan fingerprint density at radius 3 is 2.94 bits per heavy atom. The summed E-state index contributed by atoms with van der Waals surface area (Å²) in [4.78, 5) is 20.7. The van der Waals surface area contributed by atoms with Crippen LogP contribution in [-0.2, 0) is 4.79 Å². The first-order valence-electron chi connectivity index (χ1n) is 11.9. The first-order chi connectivity index (χ1) is 17.7. The molecular weight excluding hydrogens is 581 g/mol. The van der Waals surface area contributed by atoms with E-state index in [0.29, 0.717) is 6.42 Å². The maximum atomic E-state index is 12.2. The second-order valence-electron chi connectivity index (χ2n) is 8.68. The van der Waals surface area contributed by atoms with E-state index in [9.17, 15) is 4.79 Å². The zero-order valence-corrected chi connectivity index (χ0v) is 22.6. The number of thiophene rings is 1. The molecular formula is C28H24IN5OS. The lowest BCUT2D eigenvalue weighted by Crippen LogP contribution is -2.23. The molecule has 6 nitrogen and oxygen atoms in total. The van der Waals surface area contributed by atoms with Gasteiger partial charge in [0, 0.05) is 23.1 Å². The molecule has 0 saturated carbocycles. The fourth-order valence-electron chi connectivity index (χ4n) is 4.34. The van der Waals surface area contributed by atoms with Gasteiger partial charge in [0.15, 0.2) is 5.82 Å². The van der Waals surface area contributed by atoms with Crippen LogP contribution < -0.4 is 5.32 Å². The number of aromatic amines is 2. The highest BCUT2D eigenvalue weighted by molar-refractivity contribution is 14.2. The molecule has 6 rings (SSSR count). The molecule has 0 atom stereocenters. The van der Waals surface area contributed by atoms with Gasteiger partial charge >= 0.3 is 0 Å². The highest BCUT2D eigenvalue weighted by Crippen LogP contribution is 2.34. The van der Waals surface area contributed by atoms with Crippen LogP contribution in [0, 0.1) is 0 Å². The first-order valence-corrected chi connectivity index (χ1v) is 15.3. The Hall–Kier alpha value is -3.37. The van der Waals surface area contributed by atoms with Crippen LogP contribution >= 0.6 is 32.1 Å². The van der Waals surface area contributed by atoms with Crippen molar-refractivity contribution in [1.29, 1.82) is 0 Å². The second kappa shape index (κ2) is 9.94. The molecule has 0 aliphatic carbocycles. The van der Waals surface area contributed by atoms with Crippen LogP contribution in [0.3, 0.4) is 0 Å². The minimum atomic E-state index is -0.269. The number of fused-ring (bicyclic) bond motifs is 2. The van der Waals surface area contributed by atoms with Crippen LogP contribution in [0.2, 0.25) is 0 Å². The quantitative estimate of drug-likeness (QED) is 0.172. The minimum absolute atomic E-state index is 0.0869. The first kappa shape index (κ1) is 23.1. The van der Waals surface area contributed by atoms with Gasteiger partial charge in [0.05, 0.1) is 16.6 Å². The molecule has 1 aliphatic rings. The molecule has 3 N–H and O–H groups in total. The molecule has 0 saturated heterocycles. The number of nitrogens with one attached hydrogen (secondary N) is 3. The maximum absolute atomic E-state index is 12.2. The number of aromatic nitrogens is 4. The largest absolute Gasteiger partial charge is 0.337 e. The van der Waals surface area contributed by atoms with Gasteiger partial charge in [-0.25, -0.2) is 4.98 Å². The van der Waals surface area contributed by atoms with Gasteiger partial charge in [-0.2, -0.15) is 16.4 Å². The third kappa shape index (κ3) is 4.46. The fourth-order valence-corrected chi connectivity index (χ4v) is 6.82. The molecule has 4 heterocycles. The number of benzene rings is 2. The van der Waals surface area contributed by atoms with Crippen molar-refractivity contribution in [3.63, 3.8) is 0 Å². The molecule has 0 unspecified atom stereocenters. The number of unbranched alkanes of at least 4 members (excludes halogenated alkanes) is 1. The summed E-state index contributed by atoms with van der Waals surface area (Å²) in [5.74, 6) is 0.831. The zero-order valence-electron chi connectivity index (χ0n) is 19.6. The third-order valence-electron chi connectivity index (χ3n) is 6.18. The van der Waals surface area contributed by atoms with Crippen LogP contribution in [0.1, 0.15) is 31.7 Å². The monoisotopic (exact) mass is 605 g/mol. The smallest absolute Gasteiger partial charge is 0.224 e. The van der Waals surface area contributed by atoms with Crippen molar-refractivity contribution in [2.75, 3.05) is 0 Å². The highest BCUT2D eigenvalue weighted by atomic mass is 127. The number of hydrogen-bond acceptors (Lipinski definition) is 4. The Morgan fingerprint density at radius 2 is 2.08 bits per heavy atom. The summed E-state index contributed by atoms with van der Waals surface area (Å²) in [5, 5.41) is 16.1. The number of H-pyrrole nitrogens is 2. The normalized spacial score (nSPS) is 13.5.